The molecule has 0 bridgehead atoms. The molecule has 2 aromatic heterocycles. The average Bonchev–Trinajstić information content (AvgIpc) is 3.40. The van der Waals surface area contributed by atoms with Crippen LogP contribution in [0.15, 0.2) is 48.5 Å². The van der Waals surface area contributed by atoms with Gasteiger partial charge in [0.25, 0.3) is 0 Å². The van der Waals surface area contributed by atoms with Crippen molar-refractivity contribution >= 4 is 49.0 Å². The molecule has 0 aliphatic carbocycles. The molecule has 1 amide bonds. The Bertz CT molecular complexity index is 1090. The highest BCUT2D eigenvalue weighted by atomic mass is 32.1. The van der Waals surface area contributed by atoms with E-state index < -0.39 is 0 Å². The van der Waals surface area contributed by atoms with Crippen molar-refractivity contribution in [3.63, 3.8) is 0 Å². The van der Waals surface area contributed by atoms with E-state index in [1.807, 2.05) is 23.5 Å². The van der Waals surface area contributed by atoms with Gasteiger partial charge in [0, 0.05) is 25.4 Å². The lowest BCUT2D eigenvalue weighted by atomic mass is 9.97. The van der Waals surface area contributed by atoms with Gasteiger partial charge in [-0.15, -0.1) is 22.7 Å². The summed E-state index contributed by atoms with van der Waals surface area (Å²) in [5.41, 5.74) is 2.19. The maximum absolute atomic E-state index is 12.6. The van der Waals surface area contributed by atoms with Crippen LogP contribution in [0.5, 0.6) is 0 Å². The largest absolute Gasteiger partial charge is 0.343 e. The molecule has 1 aliphatic rings. The van der Waals surface area contributed by atoms with Gasteiger partial charge in [-0.3, -0.25) is 4.79 Å². The molecule has 3 heterocycles. The van der Waals surface area contributed by atoms with Crippen LogP contribution < -0.4 is 0 Å². The Hall–Kier alpha value is -2.31. The second kappa shape index (κ2) is 8.82. The zero-order chi connectivity index (χ0) is 20.3. The van der Waals surface area contributed by atoms with Crippen LogP contribution in [0.2, 0.25) is 0 Å². The molecule has 0 spiro atoms. The molecule has 154 valence electrons. The number of hydrogen-bond acceptors (Lipinski definition) is 5. The highest BCUT2D eigenvalue weighted by Gasteiger charge is 2.25. The number of thiazole rings is 2. The Morgan fingerprint density at radius 1 is 0.900 bits per heavy atom. The van der Waals surface area contributed by atoms with Crippen LogP contribution in [-0.2, 0) is 11.2 Å². The van der Waals surface area contributed by atoms with Crippen LogP contribution in [0.3, 0.4) is 0 Å². The van der Waals surface area contributed by atoms with Gasteiger partial charge in [0.1, 0.15) is 0 Å². The number of carbonyl (C=O) groups is 1. The molecular weight excluding hydrogens is 410 g/mol. The molecule has 2 aromatic carbocycles. The number of para-hydroxylation sites is 2. The van der Waals surface area contributed by atoms with E-state index in [0.717, 1.165) is 56.2 Å². The van der Waals surface area contributed by atoms with Crippen LogP contribution in [0, 0.1) is 0 Å². The average molecular weight is 436 g/mol. The summed E-state index contributed by atoms with van der Waals surface area (Å²) >= 11 is 3.58. The fraction of sp³-hybridized carbons (Fsp3) is 0.375. The minimum atomic E-state index is 0.307. The summed E-state index contributed by atoms with van der Waals surface area (Å²) in [4.78, 5) is 24.2. The van der Waals surface area contributed by atoms with E-state index in [-0.39, 0.29) is 0 Å². The van der Waals surface area contributed by atoms with Gasteiger partial charge in [-0.2, -0.15) is 0 Å². The van der Waals surface area contributed by atoms with E-state index in [2.05, 4.69) is 41.3 Å². The number of amides is 1. The summed E-state index contributed by atoms with van der Waals surface area (Å²) in [6.07, 6.45) is 5.62. The topological polar surface area (TPSA) is 46.1 Å². The molecule has 0 radical (unpaired) electrons. The molecule has 1 aliphatic heterocycles. The number of unbranched alkanes of at least 4 members (excludes halogenated alkanes) is 1. The summed E-state index contributed by atoms with van der Waals surface area (Å²) in [6, 6.07) is 16.6. The van der Waals surface area contributed by atoms with E-state index in [4.69, 9.17) is 9.97 Å². The van der Waals surface area contributed by atoms with E-state index in [1.54, 1.807) is 11.3 Å². The third-order valence-corrected chi connectivity index (χ3v) is 8.17. The maximum atomic E-state index is 12.6. The molecule has 1 saturated heterocycles. The van der Waals surface area contributed by atoms with Gasteiger partial charge in [0.05, 0.1) is 30.4 Å². The zero-order valence-electron chi connectivity index (χ0n) is 16.9. The summed E-state index contributed by atoms with van der Waals surface area (Å²) in [7, 11) is 0. The summed E-state index contributed by atoms with van der Waals surface area (Å²) < 4.78 is 2.51. The number of carbonyl (C=O) groups excluding carboxylic acids is 1. The highest BCUT2D eigenvalue weighted by Crippen LogP contribution is 2.34. The second-order valence-corrected chi connectivity index (χ2v) is 10.1. The lowest BCUT2D eigenvalue weighted by Crippen LogP contribution is -2.37. The van der Waals surface area contributed by atoms with Crippen LogP contribution in [0.4, 0.5) is 0 Å². The minimum Gasteiger partial charge on any atom is -0.343 e. The van der Waals surface area contributed by atoms with Gasteiger partial charge in [-0.25, -0.2) is 9.97 Å². The molecule has 6 heteroatoms. The Morgan fingerprint density at radius 2 is 1.57 bits per heavy atom. The van der Waals surface area contributed by atoms with Crippen molar-refractivity contribution < 1.29 is 4.79 Å². The smallest absolute Gasteiger partial charge is 0.222 e. The fourth-order valence-electron chi connectivity index (χ4n) is 4.18. The van der Waals surface area contributed by atoms with Crippen molar-refractivity contribution in [3.05, 3.63) is 58.5 Å². The third kappa shape index (κ3) is 4.25. The standard InChI is InChI=1S/C24H25N3OS2/c28-23(12-6-5-11-22-25-18-7-1-3-9-20(18)29-22)27-15-13-17(14-16-27)24-26-19-8-2-4-10-21(19)30-24/h1-4,7-10,17H,5-6,11-16H2. The zero-order valence-corrected chi connectivity index (χ0v) is 18.6. The highest BCUT2D eigenvalue weighted by molar-refractivity contribution is 7.18. The number of nitrogens with zero attached hydrogens (tertiary/aromatic N) is 3. The molecular formula is C24H25N3OS2. The lowest BCUT2D eigenvalue weighted by molar-refractivity contribution is -0.132. The van der Waals surface area contributed by atoms with Crippen molar-refractivity contribution in [2.45, 2.75) is 44.4 Å². The van der Waals surface area contributed by atoms with Crippen molar-refractivity contribution in [3.8, 4) is 0 Å². The van der Waals surface area contributed by atoms with Gasteiger partial charge in [-0.05, 0) is 56.4 Å². The molecule has 0 N–H and O–H groups in total. The maximum Gasteiger partial charge on any atom is 0.222 e. The Balaban J connectivity index is 1.07. The van der Waals surface area contributed by atoms with E-state index in [1.165, 1.54) is 19.4 Å². The molecule has 1 fully saturated rings. The number of piperidine rings is 1. The first kappa shape index (κ1) is 19.6. The Kier molecular flexibility index (Phi) is 5.77. The van der Waals surface area contributed by atoms with Crippen molar-refractivity contribution in [1.29, 1.82) is 0 Å². The van der Waals surface area contributed by atoms with E-state index in [9.17, 15) is 4.79 Å². The van der Waals surface area contributed by atoms with Crippen molar-refractivity contribution in [2.75, 3.05) is 13.1 Å². The minimum absolute atomic E-state index is 0.307. The molecule has 0 unspecified atom stereocenters. The van der Waals surface area contributed by atoms with Gasteiger partial charge in [0.15, 0.2) is 0 Å². The molecule has 4 nitrogen and oxygen atoms in total. The Morgan fingerprint density at radius 3 is 2.27 bits per heavy atom. The summed E-state index contributed by atoms with van der Waals surface area (Å²) in [5, 5.41) is 2.42. The first-order valence-corrected chi connectivity index (χ1v) is 12.4. The van der Waals surface area contributed by atoms with Crippen LogP contribution >= 0.6 is 22.7 Å². The number of hydrogen-bond donors (Lipinski definition) is 0. The van der Waals surface area contributed by atoms with Crippen LogP contribution in [-0.4, -0.2) is 33.9 Å². The molecule has 0 saturated carbocycles. The van der Waals surface area contributed by atoms with Gasteiger partial charge < -0.3 is 4.90 Å². The lowest BCUT2D eigenvalue weighted by Gasteiger charge is -2.31. The molecule has 30 heavy (non-hydrogen) atoms. The third-order valence-electron chi connectivity index (χ3n) is 5.88. The van der Waals surface area contributed by atoms with Gasteiger partial charge in [0.2, 0.25) is 5.91 Å². The van der Waals surface area contributed by atoms with Crippen LogP contribution in [0.25, 0.3) is 20.4 Å². The fourth-order valence-corrected chi connectivity index (χ4v) is 6.32. The van der Waals surface area contributed by atoms with E-state index in [0.29, 0.717) is 18.2 Å². The predicted molar refractivity (Wildman–Crippen MR) is 125 cm³/mol. The van der Waals surface area contributed by atoms with Gasteiger partial charge >= 0.3 is 0 Å². The SMILES string of the molecule is O=C(CCCCc1nc2ccccc2s1)N1CCC(c2nc3ccccc3s2)CC1. The molecule has 0 atom stereocenters. The van der Waals surface area contributed by atoms with Crippen molar-refractivity contribution in [1.82, 2.24) is 14.9 Å². The number of likely N-dealkylation sites (tertiary alicyclic amines) is 1. The monoisotopic (exact) mass is 435 g/mol. The molecule has 4 aromatic rings. The van der Waals surface area contributed by atoms with Gasteiger partial charge in [-0.1, -0.05) is 24.3 Å². The van der Waals surface area contributed by atoms with E-state index >= 15 is 0 Å². The summed E-state index contributed by atoms with van der Waals surface area (Å²) in [6.45, 7) is 1.72. The number of rotatable bonds is 6. The normalized spacial score (nSPS) is 15.3. The molecule has 5 rings (SSSR count). The predicted octanol–water partition coefficient (Wildman–Crippen LogP) is 6.03. The second-order valence-electron chi connectivity index (χ2n) is 7.96. The first-order chi connectivity index (χ1) is 14.8. The number of benzene rings is 2. The Labute approximate surface area is 184 Å². The first-order valence-electron chi connectivity index (χ1n) is 10.7. The van der Waals surface area contributed by atoms with Crippen LogP contribution in [0.1, 0.15) is 48.0 Å². The van der Waals surface area contributed by atoms with Crippen molar-refractivity contribution in [2.24, 2.45) is 0 Å². The number of aryl methyl sites for hydroxylation is 1. The number of aromatic nitrogens is 2. The summed E-state index contributed by atoms with van der Waals surface area (Å²) in [5.74, 6) is 0.799. The number of fused-ring (bicyclic) bond motifs is 2. The quantitative estimate of drug-likeness (QED) is 0.348.